The van der Waals surface area contributed by atoms with Crippen LogP contribution in [-0.2, 0) is 43.4 Å². The Morgan fingerprint density at radius 2 is 0.762 bits per heavy atom. The number of nitrogens with zero attached hydrogens (tertiary/aromatic N) is 4. The lowest BCUT2D eigenvalue weighted by Crippen LogP contribution is -2.47. The number of aliphatic hydroxyl groups excluding tert-OH is 8. The maximum atomic E-state index is 12.2. The molecule has 28 nitrogen and oxygen atoms in total. The largest absolute Gasteiger partial charge is 0.388 e. The third-order valence-electron chi connectivity index (χ3n) is 17.2. The second-order valence-corrected chi connectivity index (χ2v) is 47.1. The van der Waals surface area contributed by atoms with E-state index in [4.69, 9.17) is 43.4 Å². The number of ether oxygens (including phenoxy) is 4. The first-order chi connectivity index (χ1) is 47.0. The van der Waals surface area contributed by atoms with E-state index >= 15 is 0 Å². The molecular formula is C67H115N11O17P4S2. The standard InChI is InChI=1S/C17H30N3O5P.2C17H30N3O4PS.C16H25N2O4P/c1-5-7-18-9-11-10-20(17(24)19-15(11)23)16-14(22)13(21)12(25-16)6-8-26(2,3)4;2*1-5-7-18-9-11-10-20(17(26)19-15(11)23)16-14(22)13(21)12(24-16)6-8-25(2,3)4;1-6-11-9-18(10(2)17-15(11)21)16-14(20)13(19)12(22-16)7-8-23(3,4)5/h10,12-14,16,18,21-22H,2,5-9H2,1,3-4H3,(H,19,23,24);2*10,12-14,16,18,21-22H,2,5-9H2,1,3-4H3,(H,19,23,26);6,9,12-14,16,19-20H,1-3,7-8H2,4-5H3,(H,17,21)/t4*12-,13-,14-,16-/m1111/s1. The molecule has 8 rings (SSSR count). The molecule has 0 unspecified atom stereocenters. The third-order valence-corrected chi connectivity index (χ3v) is 23.7. The number of hydrogen-bond donors (Lipinski definition) is 15. The molecule has 15 N–H and O–H groups in total. The highest BCUT2D eigenvalue weighted by Crippen LogP contribution is 2.43. The Hall–Kier alpha value is -4.03. The molecule has 0 aromatic carbocycles. The summed E-state index contributed by atoms with van der Waals surface area (Å²) in [7, 11) is 0. The van der Waals surface area contributed by atoms with E-state index in [1.807, 2.05) is 20.8 Å². The molecule has 4 fully saturated rings. The molecular weight excluding hydrogens is 1420 g/mol. The van der Waals surface area contributed by atoms with E-state index in [1.54, 1.807) is 12.4 Å². The van der Waals surface area contributed by atoms with E-state index in [2.05, 4.69) is 128 Å². The summed E-state index contributed by atoms with van der Waals surface area (Å²) < 4.78 is 28.0. The molecule has 8 heterocycles. The first kappa shape index (κ1) is 87.6. The van der Waals surface area contributed by atoms with Gasteiger partial charge in [-0.25, -0.2) is 4.79 Å². The van der Waals surface area contributed by atoms with E-state index in [0.29, 0.717) is 73.4 Å². The summed E-state index contributed by atoms with van der Waals surface area (Å²) in [4.78, 5) is 69.1. The van der Waals surface area contributed by atoms with E-state index in [9.17, 15) is 64.8 Å². The molecule has 572 valence electrons. The summed E-state index contributed by atoms with van der Waals surface area (Å²) in [6.07, 6.45) is 18.7. The molecule has 101 heavy (non-hydrogen) atoms. The monoisotopic (exact) mass is 1530 g/mol. The fraction of sp³-hybridized carbons (Fsp3) is 0.657. The van der Waals surface area contributed by atoms with Gasteiger partial charge in [-0.1, -0.05) is 40.0 Å². The van der Waals surface area contributed by atoms with Crippen LogP contribution in [0, 0.1) is 9.54 Å². The van der Waals surface area contributed by atoms with Crippen molar-refractivity contribution in [1.29, 1.82) is 0 Å². The van der Waals surface area contributed by atoms with Gasteiger partial charge in [0.2, 0.25) is 0 Å². The van der Waals surface area contributed by atoms with Crippen molar-refractivity contribution in [1.82, 2.24) is 54.8 Å². The van der Waals surface area contributed by atoms with Crippen LogP contribution in [0.15, 0.2) is 74.6 Å². The predicted molar refractivity (Wildman–Crippen MR) is 416 cm³/mol. The van der Waals surface area contributed by atoms with Crippen LogP contribution < -0.4 is 43.6 Å². The van der Waals surface area contributed by atoms with Crippen molar-refractivity contribution in [2.75, 3.05) is 97.6 Å². The highest BCUT2D eigenvalue weighted by molar-refractivity contribution is 7.73. The van der Waals surface area contributed by atoms with Crippen molar-refractivity contribution in [3.63, 3.8) is 0 Å². The van der Waals surface area contributed by atoms with Crippen LogP contribution in [0.5, 0.6) is 0 Å². The summed E-state index contributed by atoms with van der Waals surface area (Å²) in [5.41, 5.74) is 0.0639. The SMILES string of the molecule is C=CC1=CN([C@@H]2O[C@H](CCP(=C)(C)C)[C@@H](O)[C@H]2O)C(=C)NC1=O.C=P(C)(C)CC[C@H]1O[C@@H](n2cc(CNCCC)c(=O)[nH]c2=O)[C@H](O)[C@@H]1O.C=P(C)(C)CC[C@H]1O[C@@H](n2cc(CNCCC)c(=O)[nH]c2=S)[C@H](O)[C@@H]1O.C=P(C)(C)CC[C@H]1O[C@@H](n2cc(CNCCC)c(=O)[nH]c2=S)[C@H](O)[C@@H]1O. The minimum Gasteiger partial charge on any atom is -0.388 e. The molecule has 16 atom stereocenters. The minimum absolute atomic E-state index is 0.163. The van der Waals surface area contributed by atoms with Crippen LogP contribution in [0.3, 0.4) is 0 Å². The molecule has 3 aromatic rings. The minimum atomic E-state index is -1.29. The summed E-state index contributed by atoms with van der Waals surface area (Å²) in [6, 6.07) is 0. The van der Waals surface area contributed by atoms with Gasteiger partial charge in [-0.3, -0.25) is 47.8 Å². The van der Waals surface area contributed by atoms with Gasteiger partial charge in [0, 0.05) is 61.1 Å². The van der Waals surface area contributed by atoms with Crippen molar-refractivity contribution in [2.24, 2.45) is 0 Å². The molecule has 0 aliphatic carbocycles. The molecule has 1 amide bonds. The molecule has 0 bridgehead atoms. The maximum absolute atomic E-state index is 12.2. The Morgan fingerprint density at radius 1 is 0.475 bits per heavy atom. The number of amides is 1. The van der Waals surface area contributed by atoms with Gasteiger partial charge < -0.3 is 86.0 Å². The van der Waals surface area contributed by atoms with Gasteiger partial charge in [-0.15, -0.1) is 52.7 Å². The average Bonchev–Trinajstić information content (AvgIpc) is 1.71. The summed E-state index contributed by atoms with van der Waals surface area (Å²) >= 11 is 10.5. The maximum Gasteiger partial charge on any atom is 0.330 e. The van der Waals surface area contributed by atoms with Crippen LogP contribution in [0.1, 0.15) is 101 Å². The Labute approximate surface area is 603 Å². The fourth-order valence-electron chi connectivity index (χ4n) is 11.3. The Kier molecular flexibility index (Phi) is 33.8. The number of hydrogen-bond acceptors (Lipinski definition) is 23. The summed E-state index contributed by atoms with van der Waals surface area (Å²) in [5.74, 6) is -0.0167. The van der Waals surface area contributed by atoms with Crippen LogP contribution >= 0.6 is 52.0 Å². The number of carbonyl (C=O) groups is 1. The van der Waals surface area contributed by atoms with E-state index < -0.39 is 137 Å². The van der Waals surface area contributed by atoms with Crippen molar-refractivity contribution in [2.45, 2.75) is 184 Å². The highest BCUT2D eigenvalue weighted by Gasteiger charge is 2.48. The Balaban J connectivity index is 0.000000243. The molecule has 34 heteroatoms. The lowest BCUT2D eigenvalue weighted by molar-refractivity contribution is -0.119. The molecule has 4 saturated heterocycles. The molecule has 0 radical (unpaired) electrons. The topological polar surface area (TPSA) is 398 Å². The third kappa shape index (κ3) is 25.9. The molecule has 3 aromatic heterocycles. The number of rotatable bonds is 29. The van der Waals surface area contributed by atoms with E-state index in [0.717, 1.165) is 68.1 Å². The summed E-state index contributed by atoms with van der Waals surface area (Å²) in [6.45, 7) is 28.7. The zero-order valence-corrected chi connectivity index (χ0v) is 65.7. The first-order valence-electron chi connectivity index (χ1n) is 34.1. The Bertz CT molecular complexity index is 3580. The van der Waals surface area contributed by atoms with Crippen LogP contribution in [0.2, 0.25) is 0 Å². The lowest BCUT2D eigenvalue weighted by atomic mass is 10.1. The molecule has 5 aliphatic heterocycles. The highest BCUT2D eigenvalue weighted by atomic mass is 32.1. The lowest BCUT2D eigenvalue weighted by Gasteiger charge is -2.34. The van der Waals surface area contributed by atoms with Gasteiger partial charge >= 0.3 is 5.69 Å². The van der Waals surface area contributed by atoms with Crippen molar-refractivity contribution >= 4 is 83.1 Å². The molecule has 0 saturated carbocycles. The number of nitrogens with one attached hydrogen (secondary N) is 7. The second kappa shape index (κ2) is 39.0. The number of aliphatic hydroxyl groups is 8. The average molecular weight is 1530 g/mol. The Morgan fingerprint density at radius 3 is 1.07 bits per heavy atom. The van der Waals surface area contributed by atoms with Crippen molar-refractivity contribution in [3.05, 3.63) is 123 Å². The summed E-state index contributed by atoms with van der Waals surface area (Å²) in [5, 5.41) is 94.9. The van der Waals surface area contributed by atoms with Gasteiger partial charge in [0.15, 0.2) is 34.5 Å². The molecule has 5 aliphatic rings. The van der Waals surface area contributed by atoms with Crippen molar-refractivity contribution in [3.8, 4) is 0 Å². The van der Waals surface area contributed by atoms with E-state index in [-0.39, 0.29) is 26.6 Å². The first-order valence-corrected chi connectivity index (χ1v) is 47.1. The van der Waals surface area contributed by atoms with E-state index in [1.165, 1.54) is 32.5 Å². The van der Waals surface area contributed by atoms with Gasteiger partial charge in [0.05, 0.1) is 30.0 Å². The smallest absolute Gasteiger partial charge is 0.330 e. The quantitative estimate of drug-likeness (QED) is 0.0270. The zero-order valence-electron chi connectivity index (χ0n) is 60.5. The molecule has 0 spiro atoms. The van der Waals surface area contributed by atoms with Crippen molar-refractivity contribution < 1.29 is 64.6 Å². The predicted octanol–water partition coefficient (Wildman–Crippen LogP) is 2.51. The number of carbonyl (C=O) groups excluding carboxylic acids is 1. The number of H-pyrrole nitrogens is 3. The van der Waals surface area contributed by atoms with Crippen LogP contribution in [0.25, 0.3) is 0 Å². The van der Waals surface area contributed by atoms with Gasteiger partial charge in [0.1, 0.15) is 54.7 Å². The second-order valence-electron chi connectivity index (χ2n) is 29.1. The number of aromatic amines is 3. The van der Waals surface area contributed by atoms with Gasteiger partial charge in [0.25, 0.3) is 22.6 Å². The van der Waals surface area contributed by atoms with Crippen LogP contribution in [-0.4, -0.2) is 283 Å². The van der Waals surface area contributed by atoms with Gasteiger partial charge in [-0.2, -0.15) is 0 Å². The fourth-order valence-corrected chi connectivity index (χ4v) is 15.7. The van der Waals surface area contributed by atoms with Crippen LogP contribution in [0.4, 0.5) is 0 Å². The van der Waals surface area contributed by atoms with Gasteiger partial charge in [-0.05, 0) is 167 Å². The normalized spacial score (nSPS) is 27.6. The number of aromatic nitrogens is 6. The zero-order chi connectivity index (χ0) is 75.8.